The standard InChI is InChI=1S/C12H14Cl2O/c13-9-5-6-10(11(14)7-9)12(15)8-3-1-2-4-8/h5-8,12,15H,1-4H2. The molecule has 1 N–H and O–H groups in total. The number of benzene rings is 1. The van der Waals surface area contributed by atoms with E-state index in [9.17, 15) is 5.11 Å². The van der Waals surface area contributed by atoms with Gasteiger partial charge in [0.2, 0.25) is 0 Å². The van der Waals surface area contributed by atoms with E-state index in [1.807, 2.05) is 6.07 Å². The molecule has 1 unspecified atom stereocenters. The minimum atomic E-state index is -0.433. The van der Waals surface area contributed by atoms with E-state index in [0.717, 1.165) is 18.4 Å². The van der Waals surface area contributed by atoms with E-state index in [2.05, 4.69) is 0 Å². The molecular formula is C12H14Cl2O. The van der Waals surface area contributed by atoms with Crippen LogP contribution in [-0.4, -0.2) is 5.11 Å². The van der Waals surface area contributed by atoms with Gasteiger partial charge in [-0.3, -0.25) is 0 Å². The van der Waals surface area contributed by atoms with Crippen LogP contribution < -0.4 is 0 Å². The van der Waals surface area contributed by atoms with Crippen LogP contribution in [0.15, 0.2) is 18.2 Å². The van der Waals surface area contributed by atoms with Gasteiger partial charge in [-0.15, -0.1) is 0 Å². The minimum Gasteiger partial charge on any atom is -0.388 e. The van der Waals surface area contributed by atoms with E-state index in [1.165, 1.54) is 12.8 Å². The smallest absolute Gasteiger partial charge is 0.0832 e. The fourth-order valence-corrected chi connectivity index (χ4v) is 2.79. The van der Waals surface area contributed by atoms with Crippen LogP contribution in [0.1, 0.15) is 37.4 Å². The van der Waals surface area contributed by atoms with Crippen LogP contribution in [0.5, 0.6) is 0 Å². The molecule has 3 heteroatoms. The van der Waals surface area contributed by atoms with Crippen molar-refractivity contribution in [1.82, 2.24) is 0 Å². The van der Waals surface area contributed by atoms with Crippen LogP contribution in [-0.2, 0) is 0 Å². The SMILES string of the molecule is OC(c1ccc(Cl)cc1Cl)C1CCCC1. The second-order valence-electron chi connectivity index (χ2n) is 4.16. The molecule has 1 aromatic carbocycles. The van der Waals surface area contributed by atoms with Crippen LogP contribution in [0.2, 0.25) is 10.0 Å². The molecule has 0 bridgehead atoms. The molecule has 1 saturated carbocycles. The summed E-state index contributed by atoms with van der Waals surface area (Å²) in [5, 5.41) is 11.3. The quantitative estimate of drug-likeness (QED) is 0.827. The Labute approximate surface area is 100 Å². The number of hydrogen-bond donors (Lipinski definition) is 1. The highest BCUT2D eigenvalue weighted by molar-refractivity contribution is 6.35. The first-order valence-electron chi connectivity index (χ1n) is 5.31. The molecule has 82 valence electrons. The number of hydrogen-bond acceptors (Lipinski definition) is 1. The zero-order chi connectivity index (χ0) is 10.8. The first-order chi connectivity index (χ1) is 7.18. The van der Waals surface area contributed by atoms with Crippen molar-refractivity contribution < 1.29 is 5.11 Å². The van der Waals surface area contributed by atoms with Gasteiger partial charge >= 0.3 is 0 Å². The van der Waals surface area contributed by atoms with E-state index in [4.69, 9.17) is 23.2 Å². The molecule has 0 spiro atoms. The predicted molar refractivity (Wildman–Crippen MR) is 63.4 cm³/mol. The third-order valence-corrected chi connectivity index (χ3v) is 3.69. The topological polar surface area (TPSA) is 20.2 Å². The highest BCUT2D eigenvalue weighted by Gasteiger charge is 2.25. The molecule has 0 saturated heterocycles. The lowest BCUT2D eigenvalue weighted by atomic mass is 9.94. The molecule has 2 rings (SSSR count). The summed E-state index contributed by atoms with van der Waals surface area (Å²) >= 11 is 11.9. The van der Waals surface area contributed by atoms with Gasteiger partial charge in [0, 0.05) is 10.0 Å². The monoisotopic (exact) mass is 244 g/mol. The third kappa shape index (κ3) is 2.47. The maximum Gasteiger partial charge on any atom is 0.0832 e. The summed E-state index contributed by atoms with van der Waals surface area (Å²) in [4.78, 5) is 0. The summed E-state index contributed by atoms with van der Waals surface area (Å²) in [5.41, 5.74) is 0.813. The van der Waals surface area contributed by atoms with Crippen molar-refractivity contribution in [2.75, 3.05) is 0 Å². The molecule has 1 atom stereocenters. The van der Waals surface area contributed by atoms with E-state index in [-0.39, 0.29) is 0 Å². The normalized spacial score (nSPS) is 19.4. The number of rotatable bonds is 2. The molecule has 0 radical (unpaired) electrons. The Hall–Kier alpha value is -0.240. The Morgan fingerprint density at radius 2 is 1.87 bits per heavy atom. The van der Waals surface area contributed by atoms with Crippen LogP contribution in [0.4, 0.5) is 0 Å². The van der Waals surface area contributed by atoms with E-state index < -0.39 is 6.10 Å². The molecule has 0 heterocycles. The van der Waals surface area contributed by atoms with E-state index >= 15 is 0 Å². The Kier molecular flexibility index (Phi) is 3.55. The highest BCUT2D eigenvalue weighted by atomic mass is 35.5. The van der Waals surface area contributed by atoms with Crippen molar-refractivity contribution in [2.24, 2.45) is 5.92 Å². The average molecular weight is 245 g/mol. The summed E-state index contributed by atoms with van der Waals surface area (Å²) in [6.07, 6.45) is 4.19. The first kappa shape index (κ1) is 11.3. The van der Waals surface area contributed by atoms with E-state index in [0.29, 0.717) is 16.0 Å². The second-order valence-corrected chi connectivity index (χ2v) is 5.00. The van der Waals surface area contributed by atoms with Crippen LogP contribution in [0.3, 0.4) is 0 Å². The van der Waals surface area contributed by atoms with Crippen molar-refractivity contribution in [3.05, 3.63) is 33.8 Å². The van der Waals surface area contributed by atoms with Crippen molar-refractivity contribution >= 4 is 23.2 Å². The van der Waals surface area contributed by atoms with Gasteiger partial charge < -0.3 is 5.11 Å². The lowest BCUT2D eigenvalue weighted by molar-refractivity contribution is 0.112. The van der Waals surface area contributed by atoms with E-state index in [1.54, 1.807) is 12.1 Å². The van der Waals surface area contributed by atoms with Gasteiger partial charge in [-0.05, 0) is 36.5 Å². The summed E-state index contributed by atoms with van der Waals surface area (Å²) in [6, 6.07) is 5.30. The molecule has 0 amide bonds. The van der Waals surface area contributed by atoms with Crippen LogP contribution in [0.25, 0.3) is 0 Å². The van der Waals surface area contributed by atoms with Gasteiger partial charge in [-0.1, -0.05) is 42.1 Å². The summed E-state index contributed by atoms with van der Waals surface area (Å²) in [6.45, 7) is 0. The third-order valence-electron chi connectivity index (χ3n) is 3.13. The lowest BCUT2D eigenvalue weighted by Gasteiger charge is -2.19. The van der Waals surface area contributed by atoms with Crippen LogP contribution in [0, 0.1) is 5.92 Å². The van der Waals surface area contributed by atoms with Crippen molar-refractivity contribution in [3.63, 3.8) is 0 Å². The lowest BCUT2D eigenvalue weighted by Crippen LogP contribution is -2.09. The second kappa shape index (κ2) is 4.73. The molecular weight excluding hydrogens is 231 g/mol. The van der Waals surface area contributed by atoms with Gasteiger partial charge in [0.25, 0.3) is 0 Å². The zero-order valence-electron chi connectivity index (χ0n) is 8.42. The molecule has 0 aromatic heterocycles. The van der Waals surface area contributed by atoms with Crippen molar-refractivity contribution in [2.45, 2.75) is 31.8 Å². The summed E-state index contributed by atoms with van der Waals surface area (Å²) in [5.74, 6) is 0.365. The first-order valence-corrected chi connectivity index (χ1v) is 6.07. The Morgan fingerprint density at radius 1 is 1.20 bits per heavy atom. The summed E-state index contributed by atoms with van der Waals surface area (Å²) < 4.78 is 0. The number of aliphatic hydroxyl groups is 1. The summed E-state index contributed by atoms with van der Waals surface area (Å²) in [7, 11) is 0. The predicted octanol–water partition coefficient (Wildman–Crippen LogP) is 4.22. The highest BCUT2D eigenvalue weighted by Crippen LogP contribution is 2.38. The Bertz CT molecular complexity index is 345. The fraction of sp³-hybridized carbons (Fsp3) is 0.500. The molecule has 1 fully saturated rings. The largest absolute Gasteiger partial charge is 0.388 e. The van der Waals surface area contributed by atoms with Gasteiger partial charge in [0.1, 0.15) is 0 Å². The molecule has 0 aliphatic heterocycles. The average Bonchev–Trinajstić information content (AvgIpc) is 2.69. The maximum absolute atomic E-state index is 10.2. The Balaban J connectivity index is 2.20. The number of aliphatic hydroxyl groups excluding tert-OH is 1. The molecule has 1 aromatic rings. The van der Waals surface area contributed by atoms with Crippen LogP contribution >= 0.6 is 23.2 Å². The number of halogens is 2. The van der Waals surface area contributed by atoms with Crippen molar-refractivity contribution in [3.8, 4) is 0 Å². The molecule has 1 aliphatic rings. The minimum absolute atomic E-state index is 0.365. The van der Waals surface area contributed by atoms with Gasteiger partial charge in [-0.2, -0.15) is 0 Å². The maximum atomic E-state index is 10.2. The van der Waals surface area contributed by atoms with Gasteiger partial charge in [0.05, 0.1) is 6.10 Å². The Morgan fingerprint density at radius 3 is 2.47 bits per heavy atom. The molecule has 15 heavy (non-hydrogen) atoms. The van der Waals surface area contributed by atoms with Gasteiger partial charge in [0.15, 0.2) is 0 Å². The van der Waals surface area contributed by atoms with Gasteiger partial charge in [-0.25, -0.2) is 0 Å². The molecule has 1 aliphatic carbocycles. The fourth-order valence-electron chi connectivity index (χ4n) is 2.27. The molecule has 1 nitrogen and oxygen atoms in total. The zero-order valence-corrected chi connectivity index (χ0v) is 9.93. The van der Waals surface area contributed by atoms with Crippen molar-refractivity contribution in [1.29, 1.82) is 0 Å².